The van der Waals surface area contributed by atoms with Gasteiger partial charge in [-0.3, -0.25) is 14.7 Å². The SMILES string of the molecule is CC1CC12C(=O)N(c1ccc(S(=O)(=O)C(F)(F)F)cc1)C(=O)N2c1ccnc2cc(F)ccc12. The molecule has 1 spiro atoms. The number of hydrogen-bond donors (Lipinski definition) is 0. The second-order valence-electron chi connectivity index (χ2n) is 8.22. The molecule has 2 unspecified atom stereocenters. The van der Waals surface area contributed by atoms with Gasteiger partial charge in [-0.25, -0.2) is 22.5 Å². The molecule has 7 nitrogen and oxygen atoms in total. The molecule has 34 heavy (non-hydrogen) atoms. The summed E-state index contributed by atoms with van der Waals surface area (Å²) in [5.41, 5.74) is -6.15. The standard InChI is InChI=1S/C22H15F4N3O4S/c1-12-11-21(12)19(30)28(14-3-5-15(6-4-14)34(32,33)22(24,25)26)20(31)29(21)18-8-9-27-17-10-13(23)2-7-16(17)18/h2-10,12H,11H2,1H3. The van der Waals surface area contributed by atoms with Gasteiger partial charge in [-0.1, -0.05) is 6.92 Å². The highest BCUT2D eigenvalue weighted by Gasteiger charge is 2.70. The van der Waals surface area contributed by atoms with Crippen molar-refractivity contribution in [1.82, 2.24) is 4.98 Å². The maximum Gasteiger partial charge on any atom is 0.501 e. The first-order valence-corrected chi connectivity index (χ1v) is 11.5. The summed E-state index contributed by atoms with van der Waals surface area (Å²) >= 11 is 0. The summed E-state index contributed by atoms with van der Waals surface area (Å²) in [6, 6.07) is 8.00. The van der Waals surface area contributed by atoms with Gasteiger partial charge in [0.1, 0.15) is 11.4 Å². The van der Waals surface area contributed by atoms with Crippen molar-refractivity contribution in [3.05, 3.63) is 60.5 Å². The fraction of sp³-hybridized carbons (Fsp3) is 0.227. The zero-order chi connectivity index (χ0) is 24.6. The Morgan fingerprint density at radius 2 is 1.71 bits per heavy atom. The Balaban J connectivity index is 1.59. The number of sulfone groups is 1. The fourth-order valence-corrected chi connectivity index (χ4v) is 5.18. The lowest BCUT2D eigenvalue weighted by Gasteiger charge is -2.23. The van der Waals surface area contributed by atoms with Crippen molar-refractivity contribution < 1.29 is 35.6 Å². The number of imide groups is 1. The molecular formula is C22H15F4N3O4S. The van der Waals surface area contributed by atoms with E-state index in [1.165, 1.54) is 35.4 Å². The van der Waals surface area contributed by atoms with Crippen LogP contribution >= 0.6 is 0 Å². The number of pyridine rings is 1. The van der Waals surface area contributed by atoms with E-state index in [4.69, 9.17) is 0 Å². The Morgan fingerprint density at radius 3 is 2.29 bits per heavy atom. The van der Waals surface area contributed by atoms with Crippen LogP contribution in [0.4, 0.5) is 33.7 Å². The largest absolute Gasteiger partial charge is 0.501 e. The van der Waals surface area contributed by atoms with Crippen LogP contribution in [-0.2, 0) is 14.6 Å². The number of benzene rings is 2. The topological polar surface area (TPSA) is 87.7 Å². The first-order valence-electron chi connectivity index (χ1n) is 10.0. The third-order valence-corrected chi connectivity index (χ3v) is 7.76. The normalized spacial score (nSPS) is 22.8. The molecule has 1 saturated heterocycles. The average Bonchev–Trinajstić information content (AvgIpc) is 3.38. The van der Waals surface area contributed by atoms with Crippen molar-refractivity contribution in [2.45, 2.75) is 29.3 Å². The second kappa shape index (κ2) is 6.98. The molecule has 1 aliphatic carbocycles. The highest BCUT2D eigenvalue weighted by atomic mass is 32.2. The van der Waals surface area contributed by atoms with Crippen LogP contribution in [0.15, 0.2) is 59.6 Å². The van der Waals surface area contributed by atoms with Crippen LogP contribution in [0.1, 0.15) is 13.3 Å². The average molecular weight is 493 g/mol. The molecule has 2 aromatic carbocycles. The summed E-state index contributed by atoms with van der Waals surface area (Å²) in [5.74, 6) is -1.32. The number of rotatable bonds is 3. The van der Waals surface area contributed by atoms with Crippen molar-refractivity contribution in [3.63, 3.8) is 0 Å². The van der Waals surface area contributed by atoms with Crippen LogP contribution in [0.2, 0.25) is 0 Å². The van der Waals surface area contributed by atoms with Crippen molar-refractivity contribution in [2.75, 3.05) is 9.80 Å². The monoisotopic (exact) mass is 493 g/mol. The molecule has 176 valence electrons. The van der Waals surface area contributed by atoms with Crippen LogP contribution in [0.25, 0.3) is 10.9 Å². The maximum absolute atomic E-state index is 13.7. The van der Waals surface area contributed by atoms with Crippen LogP contribution in [0.5, 0.6) is 0 Å². The summed E-state index contributed by atoms with van der Waals surface area (Å²) in [6.07, 6.45) is 1.73. The minimum atomic E-state index is -5.58. The van der Waals surface area contributed by atoms with Gasteiger partial charge in [0.2, 0.25) is 0 Å². The van der Waals surface area contributed by atoms with Gasteiger partial charge in [-0.2, -0.15) is 13.2 Å². The Kier molecular flexibility index (Phi) is 4.57. The van der Waals surface area contributed by atoms with Gasteiger partial charge in [0, 0.05) is 17.6 Å². The first-order chi connectivity index (χ1) is 15.9. The number of amides is 3. The van der Waals surface area contributed by atoms with Crippen LogP contribution in [0, 0.1) is 11.7 Å². The summed E-state index contributed by atoms with van der Waals surface area (Å²) < 4.78 is 75.5. The highest BCUT2D eigenvalue weighted by molar-refractivity contribution is 7.92. The van der Waals surface area contributed by atoms with E-state index in [9.17, 15) is 35.6 Å². The van der Waals surface area contributed by atoms with Gasteiger partial charge in [0.25, 0.3) is 15.7 Å². The van der Waals surface area contributed by atoms with Gasteiger partial charge < -0.3 is 0 Å². The van der Waals surface area contributed by atoms with Crippen molar-refractivity contribution in [3.8, 4) is 0 Å². The van der Waals surface area contributed by atoms with Crippen molar-refractivity contribution in [1.29, 1.82) is 0 Å². The Hall–Kier alpha value is -3.54. The van der Waals surface area contributed by atoms with E-state index >= 15 is 0 Å². The lowest BCUT2D eigenvalue weighted by Crippen LogP contribution is -2.39. The van der Waals surface area contributed by atoms with E-state index in [2.05, 4.69) is 4.98 Å². The van der Waals surface area contributed by atoms with E-state index in [1.54, 1.807) is 6.92 Å². The number of anilines is 2. The van der Waals surface area contributed by atoms with Crippen molar-refractivity contribution in [2.24, 2.45) is 5.92 Å². The minimum absolute atomic E-state index is 0.0681. The number of urea groups is 1. The van der Waals surface area contributed by atoms with Gasteiger partial charge in [0.15, 0.2) is 0 Å². The highest BCUT2D eigenvalue weighted by Crippen LogP contribution is 2.56. The number of alkyl halides is 3. The smallest absolute Gasteiger partial charge is 0.277 e. The number of carbonyl (C=O) groups excluding carboxylic acids is 2. The second-order valence-corrected chi connectivity index (χ2v) is 10.2. The van der Waals surface area contributed by atoms with E-state index in [1.807, 2.05) is 0 Å². The van der Waals surface area contributed by atoms with Gasteiger partial charge >= 0.3 is 11.5 Å². The summed E-state index contributed by atoms with van der Waals surface area (Å²) in [7, 11) is -5.58. The molecule has 2 aliphatic rings. The Bertz CT molecular complexity index is 1470. The molecule has 1 aliphatic heterocycles. The first kappa shape index (κ1) is 22.3. The molecule has 3 amide bonds. The van der Waals surface area contributed by atoms with Crippen LogP contribution in [0.3, 0.4) is 0 Å². The van der Waals surface area contributed by atoms with Gasteiger partial charge in [-0.05, 0) is 54.8 Å². The molecular weight excluding hydrogens is 478 g/mol. The molecule has 3 aromatic rings. The number of carbonyl (C=O) groups is 2. The van der Waals surface area contributed by atoms with Crippen LogP contribution in [-0.4, -0.2) is 36.4 Å². The zero-order valence-corrected chi connectivity index (χ0v) is 18.2. The lowest BCUT2D eigenvalue weighted by atomic mass is 10.1. The predicted molar refractivity (Wildman–Crippen MR) is 113 cm³/mol. The van der Waals surface area contributed by atoms with E-state index in [0.29, 0.717) is 29.6 Å². The molecule has 1 aromatic heterocycles. The third kappa shape index (κ3) is 2.94. The minimum Gasteiger partial charge on any atom is -0.277 e. The molecule has 0 radical (unpaired) electrons. The van der Waals surface area contributed by atoms with Crippen LogP contribution < -0.4 is 9.80 Å². The predicted octanol–water partition coefficient (Wildman–Crippen LogP) is 4.42. The number of aromatic nitrogens is 1. The Labute approximate surface area is 190 Å². The molecule has 2 fully saturated rings. The van der Waals surface area contributed by atoms with Crippen molar-refractivity contribution >= 4 is 44.1 Å². The molecule has 12 heteroatoms. The van der Waals surface area contributed by atoms with E-state index < -0.39 is 43.5 Å². The number of hydrogen-bond acceptors (Lipinski definition) is 5. The molecule has 1 saturated carbocycles. The third-order valence-electron chi connectivity index (χ3n) is 6.26. The Morgan fingerprint density at radius 1 is 1.06 bits per heavy atom. The molecule has 0 bridgehead atoms. The summed E-state index contributed by atoms with van der Waals surface area (Å²) in [5, 5.41) is 0.442. The fourth-order valence-electron chi connectivity index (χ4n) is 4.42. The molecule has 2 heterocycles. The maximum atomic E-state index is 13.7. The molecule has 2 atom stereocenters. The summed E-state index contributed by atoms with van der Waals surface area (Å²) in [4.78, 5) is 32.2. The number of fused-ring (bicyclic) bond motifs is 1. The zero-order valence-electron chi connectivity index (χ0n) is 17.4. The van der Waals surface area contributed by atoms with Gasteiger partial charge in [0.05, 0.1) is 21.8 Å². The quantitative estimate of drug-likeness (QED) is 0.398. The molecule has 5 rings (SSSR count). The molecule has 0 N–H and O–H groups in total. The number of nitrogens with zero attached hydrogens (tertiary/aromatic N) is 3. The van der Waals surface area contributed by atoms with E-state index in [-0.39, 0.29) is 17.1 Å². The van der Waals surface area contributed by atoms with E-state index in [0.717, 1.165) is 17.0 Å². The lowest BCUT2D eigenvalue weighted by molar-refractivity contribution is -0.119. The summed E-state index contributed by atoms with van der Waals surface area (Å²) in [6.45, 7) is 1.78. The number of halogens is 4. The van der Waals surface area contributed by atoms with Gasteiger partial charge in [-0.15, -0.1) is 0 Å².